The van der Waals surface area contributed by atoms with E-state index in [-0.39, 0.29) is 0 Å². The first-order chi connectivity index (χ1) is 5.59. The van der Waals surface area contributed by atoms with E-state index in [1.807, 2.05) is 6.92 Å². The lowest BCUT2D eigenvalue weighted by molar-refractivity contribution is -0.000317. The van der Waals surface area contributed by atoms with Gasteiger partial charge in [0.2, 0.25) is 0 Å². The molecular formula is C9H11ClO2. The number of hydrogen-bond acceptors (Lipinski definition) is 2. The number of halogens is 1. The molecule has 66 valence electrons. The van der Waals surface area contributed by atoms with Crippen LogP contribution in [0.1, 0.15) is 12.5 Å². The summed E-state index contributed by atoms with van der Waals surface area (Å²) in [6, 6.07) is 5.26. The third-order valence-corrected chi connectivity index (χ3v) is 1.86. The minimum atomic E-state index is -0.787. The van der Waals surface area contributed by atoms with Crippen LogP contribution in [0, 0.1) is 6.92 Å². The average Bonchev–Trinajstić information content (AvgIpc) is 1.96. The van der Waals surface area contributed by atoms with Gasteiger partial charge in [-0.1, -0.05) is 11.6 Å². The summed E-state index contributed by atoms with van der Waals surface area (Å²) in [6.07, 6.45) is -0.787. The van der Waals surface area contributed by atoms with E-state index in [9.17, 15) is 0 Å². The Morgan fingerprint density at radius 3 is 2.67 bits per heavy atom. The summed E-state index contributed by atoms with van der Waals surface area (Å²) < 4.78 is 5.05. The molecule has 0 aromatic heterocycles. The van der Waals surface area contributed by atoms with Crippen LogP contribution in [0.2, 0.25) is 5.02 Å². The summed E-state index contributed by atoms with van der Waals surface area (Å²) in [6.45, 7) is 3.45. The molecule has 0 fully saturated rings. The third kappa shape index (κ3) is 2.40. The molecule has 0 spiro atoms. The van der Waals surface area contributed by atoms with Crippen molar-refractivity contribution in [2.24, 2.45) is 0 Å². The van der Waals surface area contributed by atoms with Crippen molar-refractivity contribution in [1.29, 1.82) is 0 Å². The highest BCUT2D eigenvalue weighted by Gasteiger charge is 2.00. The maximum Gasteiger partial charge on any atom is 0.194 e. The van der Waals surface area contributed by atoms with Gasteiger partial charge < -0.3 is 9.84 Å². The van der Waals surface area contributed by atoms with Gasteiger partial charge in [-0.25, -0.2) is 0 Å². The number of aryl methyl sites for hydroxylation is 1. The SMILES string of the molecule is Cc1cc(OC(C)O)ccc1Cl. The zero-order valence-electron chi connectivity index (χ0n) is 7.04. The molecule has 0 heterocycles. The van der Waals surface area contributed by atoms with Crippen LogP contribution in [-0.2, 0) is 0 Å². The highest BCUT2D eigenvalue weighted by Crippen LogP contribution is 2.21. The van der Waals surface area contributed by atoms with Gasteiger partial charge in [-0.15, -0.1) is 0 Å². The lowest BCUT2D eigenvalue weighted by atomic mass is 10.2. The van der Waals surface area contributed by atoms with E-state index in [0.29, 0.717) is 10.8 Å². The summed E-state index contributed by atoms with van der Waals surface area (Å²) in [5, 5.41) is 9.61. The van der Waals surface area contributed by atoms with Crippen LogP contribution in [0.5, 0.6) is 5.75 Å². The molecule has 1 unspecified atom stereocenters. The van der Waals surface area contributed by atoms with Crippen LogP contribution >= 0.6 is 11.6 Å². The number of ether oxygens (including phenoxy) is 1. The summed E-state index contributed by atoms with van der Waals surface area (Å²) >= 11 is 5.80. The summed E-state index contributed by atoms with van der Waals surface area (Å²) in [5.41, 5.74) is 0.940. The summed E-state index contributed by atoms with van der Waals surface area (Å²) in [5.74, 6) is 0.631. The number of rotatable bonds is 2. The quantitative estimate of drug-likeness (QED) is 0.719. The fourth-order valence-corrected chi connectivity index (χ4v) is 1.00. The highest BCUT2D eigenvalue weighted by molar-refractivity contribution is 6.31. The van der Waals surface area contributed by atoms with Gasteiger partial charge in [0.05, 0.1) is 0 Å². The average molecular weight is 187 g/mol. The van der Waals surface area contributed by atoms with Crippen LogP contribution < -0.4 is 4.74 Å². The lowest BCUT2D eigenvalue weighted by Gasteiger charge is -2.09. The minimum Gasteiger partial charge on any atom is -0.465 e. The van der Waals surface area contributed by atoms with Gasteiger partial charge in [0.25, 0.3) is 0 Å². The van der Waals surface area contributed by atoms with E-state index >= 15 is 0 Å². The van der Waals surface area contributed by atoms with Crippen molar-refractivity contribution in [2.45, 2.75) is 20.1 Å². The first kappa shape index (κ1) is 9.36. The molecule has 1 N–H and O–H groups in total. The number of hydrogen-bond donors (Lipinski definition) is 1. The van der Waals surface area contributed by atoms with E-state index in [1.165, 1.54) is 0 Å². The van der Waals surface area contributed by atoms with E-state index in [1.54, 1.807) is 25.1 Å². The van der Waals surface area contributed by atoms with Gasteiger partial charge in [0.15, 0.2) is 6.29 Å². The van der Waals surface area contributed by atoms with Crippen molar-refractivity contribution < 1.29 is 9.84 Å². The first-order valence-corrected chi connectivity index (χ1v) is 4.08. The Labute approximate surface area is 76.7 Å². The van der Waals surface area contributed by atoms with E-state index in [4.69, 9.17) is 21.4 Å². The summed E-state index contributed by atoms with van der Waals surface area (Å²) in [4.78, 5) is 0. The number of aliphatic hydroxyl groups excluding tert-OH is 1. The third-order valence-electron chi connectivity index (χ3n) is 1.44. The Morgan fingerprint density at radius 2 is 2.17 bits per heavy atom. The minimum absolute atomic E-state index is 0.631. The molecule has 0 aliphatic carbocycles. The fourth-order valence-electron chi connectivity index (χ4n) is 0.887. The van der Waals surface area contributed by atoms with Gasteiger partial charge in [0.1, 0.15) is 5.75 Å². The molecular weight excluding hydrogens is 176 g/mol. The topological polar surface area (TPSA) is 29.5 Å². The van der Waals surface area contributed by atoms with E-state index in [2.05, 4.69) is 0 Å². The van der Waals surface area contributed by atoms with Crippen molar-refractivity contribution in [3.8, 4) is 5.75 Å². The first-order valence-electron chi connectivity index (χ1n) is 3.70. The Balaban J connectivity index is 2.82. The zero-order valence-corrected chi connectivity index (χ0v) is 7.80. The van der Waals surface area contributed by atoms with Gasteiger partial charge >= 0.3 is 0 Å². The molecule has 0 aliphatic rings. The molecule has 0 amide bonds. The van der Waals surface area contributed by atoms with Gasteiger partial charge in [-0.3, -0.25) is 0 Å². The van der Waals surface area contributed by atoms with E-state index < -0.39 is 6.29 Å². The van der Waals surface area contributed by atoms with Gasteiger partial charge in [-0.05, 0) is 37.6 Å². The van der Waals surface area contributed by atoms with Crippen molar-refractivity contribution in [2.75, 3.05) is 0 Å². The second-order valence-electron chi connectivity index (χ2n) is 2.63. The van der Waals surface area contributed by atoms with Crippen LogP contribution in [0.15, 0.2) is 18.2 Å². The lowest BCUT2D eigenvalue weighted by Crippen LogP contribution is -2.09. The Morgan fingerprint density at radius 1 is 1.50 bits per heavy atom. The molecule has 0 bridgehead atoms. The summed E-state index contributed by atoms with van der Waals surface area (Å²) in [7, 11) is 0. The molecule has 1 aromatic rings. The molecule has 2 nitrogen and oxygen atoms in total. The van der Waals surface area contributed by atoms with Crippen molar-refractivity contribution in [3.63, 3.8) is 0 Å². The highest BCUT2D eigenvalue weighted by atomic mass is 35.5. The molecule has 0 aliphatic heterocycles. The van der Waals surface area contributed by atoms with Gasteiger partial charge in [-0.2, -0.15) is 0 Å². The second-order valence-corrected chi connectivity index (χ2v) is 3.04. The monoisotopic (exact) mass is 186 g/mol. The smallest absolute Gasteiger partial charge is 0.194 e. The molecule has 0 saturated heterocycles. The van der Waals surface area contributed by atoms with Crippen molar-refractivity contribution in [1.82, 2.24) is 0 Å². The largest absolute Gasteiger partial charge is 0.465 e. The van der Waals surface area contributed by atoms with Crippen LogP contribution in [-0.4, -0.2) is 11.4 Å². The molecule has 1 atom stereocenters. The molecule has 3 heteroatoms. The van der Waals surface area contributed by atoms with Crippen LogP contribution in [0.25, 0.3) is 0 Å². The Hall–Kier alpha value is -0.730. The van der Waals surface area contributed by atoms with Crippen LogP contribution in [0.3, 0.4) is 0 Å². The molecule has 0 radical (unpaired) electrons. The maximum absolute atomic E-state index is 8.91. The molecule has 12 heavy (non-hydrogen) atoms. The van der Waals surface area contributed by atoms with Gasteiger partial charge in [0, 0.05) is 5.02 Å². The normalized spacial score (nSPS) is 12.7. The maximum atomic E-state index is 8.91. The molecule has 1 rings (SSSR count). The van der Waals surface area contributed by atoms with E-state index in [0.717, 1.165) is 5.56 Å². The number of benzene rings is 1. The Bertz CT molecular complexity index is 271. The van der Waals surface area contributed by atoms with Crippen molar-refractivity contribution in [3.05, 3.63) is 28.8 Å². The van der Waals surface area contributed by atoms with Crippen LogP contribution in [0.4, 0.5) is 0 Å². The fraction of sp³-hybridized carbons (Fsp3) is 0.333. The predicted octanol–water partition coefficient (Wildman–Crippen LogP) is 2.37. The molecule has 0 saturated carbocycles. The van der Waals surface area contributed by atoms with Crippen molar-refractivity contribution >= 4 is 11.6 Å². The molecule has 1 aromatic carbocycles. The Kier molecular flexibility index (Phi) is 2.95. The number of aliphatic hydroxyl groups is 1. The predicted molar refractivity (Wildman–Crippen MR) is 48.5 cm³/mol. The zero-order chi connectivity index (χ0) is 9.14. The standard InChI is InChI=1S/C9H11ClO2/c1-6-5-8(12-7(2)11)3-4-9(6)10/h3-5,7,11H,1-2H3. The second kappa shape index (κ2) is 3.78.